The Morgan fingerprint density at radius 1 is 0.800 bits per heavy atom. The summed E-state index contributed by atoms with van der Waals surface area (Å²) >= 11 is 0. The lowest BCUT2D eigenvalue weighted by Crippen LogP contribution is -2.41. The van der Waals surface area contributed by atoms with Gasteiger partial charge in [-0.05, 0) is 84.2 Å². The van der Waals surface area contributed by atoms with E-state index in [1.54, 1.807) is 5.84 Å². The highest BCUT2D eigenvalue weighted by Gasteiger charge is 2.31. The highest BCUT2D eigenvalue weighted by Crippen LogP contribution is 2.33. The number of nitrogens with zero attached hydrogens (tertiary/aromatic N) is 4. The third-order valence-electron chi connectivity index (χ3n) is 10.1. The molecule has 6 heteroatoms. The van der Waals surface area contributed by atoms with Crippen LogP contribution in [-0.4, -0.2) is 76.2 Å². The second-order valence-electron chi connectivity index (χ2n) is 15.7. The van der Waals surface area contributed by atoms with Gasteiger partial charge in [-0.15, -0.1) is 0 Å². The van der Waals surface area contributed by atoms with Gasteiger partial charge < -0.3 is 10.2 Å². The van der Waals surface area contributed by atoms with Crippen molar-refractivity contribution in [2.45, 2.75) is 129 Å². The number of hydrogen-bond acceptors (Lipinski definition) is 5. The van der Waals surface area contributed by atoms with Crippen LogP contribution in [0.1, 0.15) is 126 Å². The summed E-state index contributed by atoms with van der Waals surface area (Å²) in [7, 11) is 0. The topological polar surface area (TPSA) is 71.4 Å². The van der Waals surface area contributed by atoms with E-state index in [1.165, 1.54) is 43.5 Å². The molecule has 2 aromatic carbocycles. The fourth-order valence-electron chi connectivity index (χ4n) is 7.17. The van der Waals surface area contributed by atoms with E-state index < -0.39 is 0 Å². The molecule has 2 aromatic rings. The Morgan fingerprint density at radius 3 is 2.00 bits per heavy atom. The zero-order chi connectivity index (χ0) is 32.4. The number of aryl methyl sites for hydroxylation is 2. The van der Waals surface area contributed by atoms with E-state index in [4.69, 9.17) is 9.98 Å². The molecule has 2 N–H and O–H groups in total. The van der Waals surface area contributed by atoms with Gasteiger partial charge in [-0.25, -0.2) is 0 Å². The standard InChI is InChI=1S/C39H56N4O2/c1-27-21-31(38(2,3)4)23-29(36(27)44)25-40-33-14-8-9-15-34(33)41-26-30-24-32(39(5,6)7)22-28(37(30)45)13-10-17-42-19-12-20-43-18-11-16-35(42)43/h21-26,33-34H,8-20H2,1-7H3,(H-,40,41,44,45)/p+1. The van der Waals surface area contributed by atoms with Crippen LogP contribution in [-0.2, 0) is 17.3 Å². The van der Waals surface area contributed by atoms with Gasteiger partial charge in [0, 0.05) is 30.0 Å². The number of amidine groups is 1. The van der Waals surface area contributed by atoms with Crippen LogP contribution < -0.4 is 0 Å². The number of aliphatic imine (C=N–C) groups is 2. The molecule has 2 atom stereocenters. The molecule has 1 fully saturated rings. The van der Waals surface area contributed by atoms with Crippen molar-refractivity contribution in [3.63, 3.8) is 0 Å². The van der Waals surface area contributed by atoms with Gasteiger partial charge >= 0.3 is 0 Å². The van der Waals surface area contributed by atoms with Crippen LogP contribution in [0.2, 0.25) is 0 Å². The van der Waals surface area contributed by atoms with Gasteiger partial charge in [0.2, 0.25) is 5.84 Å². The highest BCUT2D eigenvalue weighted by molar-refractivity contribution is 5.86. The number of rotatable bonds is 8. The summed E-state index contributed by atoms with van der Waals surface area (Å²) < 4.78 is 2.57. The van der Waals surface area contributed by atoms with E-state index in [2.05, 4.69) is 75.3 Å². The van der Waals surface area contributed by atoms with E-state index in [9.17, 15) is 10.2 Å². The largest absolute Gasteiger partial charge is 0.507 e. The summed E-state index contributed by atoms with van der Waals surface area (Å²) in [4.78, 5) is 12.7. The Morgan fingerprint density at radius 2 is 1.38 bits per heavy atom. The van der Waals surface area contributed by atoms with Crippen LogP contribution >= 0.6 is 0 Å². The van der Waals surface area contributed by atoms with E-state index in [1.807, 2.05) is 19.4 Å². The molecule has 0 aromatic heterocycles. The third-order valence-corrected chi connectivity index (χ3v) is 10.1. The van der Waals surface area contributed by atoms with Gasteiger partial charge in [-0.2, -0.15) is 0 Å². The molecule has 6 nitrogen and oxygen atoms in total. The zero-order valence-electron chi connectivity index (χ0n) is 29.0. The minimum atomic E-state index is -0.0303. The van der Waals surface area contributed by atoms with Gasteiger partial charge in [0.05, 0.1) is 44.7 Å². The predicted molar refractivity (Wildman–Crippen MR) is 188 cm³/mol. The minimum Gasteiger partial charge on any atom is -0.507 e. The molecular formula is C39H57N4O2+. The second-order valence-corrected chi connectivity index (χ2v) is 15.7. The molecule has 0 radical (unpaired) electrons. The Labute approximate surface area is 272 Å². The SMILES string of the molecule is Cc1cc(C(C)(C)C)cc(C=NC2CCCCC2N=Cc2cc(C(C)(C)C)cc(CCCN3CCC[N+]4=C3CCC4)c2O)c1O. The Hall–Kier alpha value is -3.15. The quantitative estimate of drug-likeness (QED) is 0.237. The van der Waals surface area contributed by atoms with Crippen LogP contribution in [0.25, 0.3) is 0 Å². The van der Waals surface area contributed by atoms with Crippen LogP contribution in [0, 0.1) is 6.92 Å². The van der Waals surface area contributed by atoms with Crippen molar-refractivity contribution < 1.29 is 14.8 Å². The summed E-state index contributed by atoms with van der Waals surface area (Å²) in [6, 6.07) is 8.58. The summed E-state index contributed by atoms with van der Waals surface area (Å²) in [6.07, 6.45) is 13.6. The molecule has 1 aliphatic carbocycles. The normalized spacial score (nSPS) is 21.4. The fraction of sp³-hybridized carbons (Fsp3) is 0.615. The maximum absolute atomic E-state index is 11.5. The Kier molecular flexibility index (Phi) is 10.1. The summed E-state index contributed by atoms with van der Waals surface area (Å²) in [5, 5.41) is 22.3. The minimum absolute atomic E-state index is 0.00909. The highest BCUT2D eigenvalue weighted by atomic mass is 16.3. The van der Waals surface area contributed by atoms with E-state index in [-0.39, 0.29) is 22.9 Å². The molecular weight excluding hydrogens is 556 g/mol. The first-order chi connectivity index (χ1) is 21.3. The average Bonchev–Trinajstić information content (AvgIpc) is 3.47. The van der Waals surface area contributed by atoms with Gasteiger partial charge in [-0.1, -0.05) is 66.5 Å². The molecule has 1 saturated carbocycles. The predicted octanol–water partition coefficient (Wildman–Crippen LogP) is 7.69. The molecule has 0 amide bonds. The fourth-order valence-corrected chi connectivity index (χ4v) is 7.17. The number of phenols is 2. The average molecular weight is 614 g/mol. The molecule has 244 valence electrons. The van der Waals surface area contributed by atoms with Gasteiger partial charge in [0.1, 0.15) is 11.5 Å². The molecule has 2 heterocycles. The number of benzene rings is 2. The van der Waals surface area contributed by atoms with Crippen molar-refractivity contribution in [3.05, 3.63) is 57.6 Å². The number of phenolic OH excluding ortho intramolecular Hbond substituents is 2. The molecule has 3 aliphatic rings. The van der Waals surface area contributed by atoms with E-state index in [0.29, 0.717) is 11.5 Å². The van der Waals surface area contributed by atoms with E-state index in [0.717, 1.165) is 73.9 Å². The summed E-state index contributed by atoms with van der Waals surface area (Å²) in [5.74, 6) is 2.22. The smallest absolute Gasteiger partial charge is 0.246 e. The maximum Gasteiger partial charge on any atom is 0.246 e. The molecule has 2 aliphatic heterocycles. The lowest BCUT2D eigenvalue weighted by molar-refractivity contribution is -0.530. The van der Waals surface area contributed by atoms with Gasteiger partial charge in [0.15, 0.2) is 0 Å². The first kappa shape index (κ1) is 33.2. The van der Waals surface area contributed by atoms with Crippen molar-refractivity contribution >= 4 is 18.3 Å². The molecule has 5 rings (SSSR count). The van der Waals surface area contributed by atoms with Crippen molar-refractivity contribution in [2.24, 2.45) is 9.98 Å². The second kappa shape index (κ2) is 13.7. The first-order valence-corrected chi connectivity index (χ1v) is 17.4. The molecule has 0 spiro atoms. The number of hydrogen-bond donors (Lipinski definition) is 2. The Bertz CT molecular complexity index is 1460. The monoisotopic (exact) mass is 613 g/mol. The molecule has 2 unspecified atom stereocenters. The van der Waals surface area contributed by atoms with Crippen LogP contribution in [0.4, 0.5) is 0 Å². The Balaban J connectivity index is 1.34. The summed E-state index contributed by atoms with van der Waals surface area (Å²) in [5.41, 5.74) is 5.87. The summed E-state index contributed by atoms with van der Waals surface area (Å²) in [6.45, 7) is 19.9. The van der Waals surface area contributed by atoms with Crippen molar-refractivity contribution in [1.29, 1.82) is 0 Å². The zero-order valence-corrected chi connectivity index (χ0v) is 29.0. The third kappa shape index (κ3) is 7.99. The maximum atomic E-state index is 11.5. The van der Waals surface area contributed by atoms with E-state index >= 15 is 0 Å². The van der Waals surface area contributed by atoms with Crippen LogP contribution in [0.15, 0.2) is 34.3 Å². The molecule has 0 bridgehead atoms. The van der Waals surface area contributed by atoms with Crippen LogP contribution in [0.5, 0.6) is 11.5 Å². The number of aromatic hydroxyl groups is 2. The molecule has 45 heavy (non-hydrogen) atoms. The molecule has 0 saturated heterocycles. The van der Waals surface area contributed by atoms with Gasteiger partial charge in [-0.3, -0.25) is 19.5 Å². The van der Waals surface area contributed by atoms with Crippen LogP contribution in [0.3, 0.4) is 0 Å². The van der Waals surface area contributed by atoms with Gasteiger partial charge in [0.25, 0.3) is 0 Å². The van der Waals surface area contributed by atoms with Crippen molar-refractivity contribution in [2.75, 3.05) is 26.2 Å². The lowest BCUT2D eigenvalue weighted by atomic mass is 9.84. The first-order valence-electron chi connectivity index (χ1n) is 17.4. The van der Waals surface area contributed by atoms with Crippen molar-refractivity contribution in [1.82, 2.24) is 4.90 Å². The lowest BCUT2D eigenvalue weighted by Gasteiger charge is -2.26. The van der Waals surface area contributed by atoms with Crippen molar-refractivity contribution in [3.8, 4) is 11.5 Å².